The minimum atomic E-state index is 0.508. The summed E-state index contributed by atoms with van der Waals surface area (Å²) in [6.45, 7) is 2.59. The Hall–Kier alpha value is -1.54. The van der Waals surface area contributed by atoms with Gasteiger partial charge in [0.05, 0.1) is 5.69 Å². The molecule has 0 bridgehead atoms. The molecule has 2 rings (SSSR count). The minimum absolute atomic E-state index is 0.508. The Bertz CT molecular complexity index is 485. The molecule has 2 aromatic rings. The van der Waals surface area contributed by atoms with Gasteiger partial charge in [0.1, 0.15) is 17.5 Å². The first-order valence-electron chi connectivity index (χ1n) is 5.61. The number of hydrogen-bond donors (Lipinski definition) is 0. The molecule has 3 heteroatoms. The molecule has 0 aliphatic heterocycles. The van der Waals surface area contributed by atoms with Crippen molar-refractivity contribution in [3.8, 4) is 5.75 Å². The molecule has 2 nitrogen and oxygen atoms in total. The van der Waals surface area contributed by atoms with E-state index in [-0.39, 0.29) is 0 Å². The van der Waals surface area contributed by atoms with Crippen molar-refractivity contribution in [2.45, 2.75) is 20.0 Å². The molecule has 1 heterocycles. The van der Waals surface area contributed by atoms with Gasteiger partial charge in [-0.1, -0.05) is 48.9 Å². The third kappa shape index (κ3) is 3.21. The van der Waals surface area contributed by atoms with Crippen LogP contribution in [0.15, 0.2) is 42.5 Å². The van der Waals surface area contributed by atoms with Gasteiger partial charge in [0.2, 0.25) is 0 Å². The van der Waals surface area contributed by atoms with Crippen LogP contribution in [-0.2, 0) is 13.0 Å². The predicted octanol–water partition coefficient (Wildman–Crippen LogP) is 3.88. The summed E-state index contributed by atoms with van der Waals surface area (Å²) in [6, 6.07) is 13.7. The number of nitrogens with zero attached hydrogens (tertiary/aromatic N) is 1. The van der Waals surface area contributed by atoms with Gasteiger partial charge < -0.3 is 4.74 Å². The van der Waals surface area contributed by atoms with E-state index in [1.54, 1.807) is 6.07 Å². The largest absolute Gasteiger partial charge is 0.487 e. The zero-order chi connectivity index (χ0) is 12.1. The predicted molar refractivity (Wildman–Crippen MR) is 69.4 cm³/mol. The van der Waals surface area contributed by atoms with Crippen LogP contribution in [0.3, 0.4) is 0 Å². The normalized spacial score (nSPS) is 10.2. The fourth-order valence-corrected chi connectivity index (χ4v) is 1.75. The zero-order valence-corrected chi connectivity index (χ0v) is 10.4. The van der Waals surface area contributed by atoms with Gasteiger partial charge in [-0.25, -0.2) is 4.98 Å². The molecule has 88 valence electrons. The van der Waals surface area contributed by atoms with Crippen LogP contribution >= 0.6 is 11.6 Å². The molecule has 1 aromatic carbocycles. The highest BCUT2D eigenvalue weighted by Crippen LogP contribution is 2.20. The van der Waals surface area contributed by atoms with Gasteiger partial charge in [0, 0.05) is 0 Å². The minimum Gasteiger partial charge on any atom is -0.487 e. The van der Waals surface area contributed by atoms with Crippen molar-refractivity contribution in [3.05, 3.63) is 58.9 Å². The van der Waals surface area contributed by atoms with Gasteiger partial charge in [0.25, 0.3) is 0 Å². The molecule has 0 fully saturated rings. The molecule has 0 atom stereocenters. The van der Waals surface area contributed by atoms with E-state index in [2.05, 4.69) is 4.98 Å². The lowest BCUT2D eigenvalue weighted by atomic mass is 10.2. The van der Waals surface area contributed by atoms with E-state index in [0.717, 1.165) is 23.4 Å². The number of aryl methyl sites for hydroxylation is 1. The molecule has 0 spiro atoms. The van der Waals surface area contributed by atoms with Crippen LogP contribution in [-0.4, -0.2) is 4.98 Å². The first-order chi connectivity index (χ1) is 8.29. The van der Waals surface area contributed by atoms with Crippen molar-refractivity contribution in [1.29, 1.82) is 0 Å². The summed E-state index contributed by atoms with van der Waals surface area (Å²) in [5.41, 5.74) is 2.04. The first-order valence-corrected chi connectivity index (χ1v) is 5.99. The molecule has 0 unspecified atom stereocenters. The molecule has 0 aliphatic carbocycles. The molecule has 0 N–H and O–H groups in total. The quantitative estimate of drug-likeness (QED) is 0.765. The molecule has 0 saturated carbocycles. The molecule has 17 heavy (non-hydrogen) atoms. The van der Waals surface area contributed by atoms with E-state index in [4.69, 9.17) is 16.3 Å². The van der Waals surface area contributed by atoms with Crippen molar-refractivity contribution in [2.24, 2.45) is 0 Å². The average molecular weight is 248 g/mol. The molecule has 1 aromatic heterocycles. The van der Waals surface area contributed by atoms with Crippen LogP contribution in [0.1, 0.15) is 18.2 Å². The lowest BCUT2D eigenvalue weighted by molar-refractivity contribution is 0.301. The van der Waals surface area contributed by atoms with E-state index >= 15 is 0 Å². The van der Waals surface area contributed by atoms with Crippen molar-refractivity contribution < 1.29 is 4.74 Å². The summed E-state index contributed by atoms with van der Waals surface area (Å²) in [6.07, 6.45) is 0.810. The van der Waals surface area contributed by atoms with Gasteiger partial charge in [-0.2, -0.15) is 0 Å². The number of benzene rings is 1. The molecule has 0 amide bonds. The number of pyridine rings is 1. The Balaban J connectivity index is 2.09. The second kappa shape index (κ2) is 5.69. The van der Waals surface area contributed by atoms with E-state index in [1.165, 1.54) is 0 Å². The first kappa shape index (κ1) is 11.9. The van der Waals surface area contributed by atoms with Crippen LogP contribution in [0, 0.1) is 0 Å². The van der Waals surface area contributed by atoms with Crippen LogP contribution in [0.4, 0.5) is 0 Å². The van der Waals surface area contributed by atoms with Crippen molar-refractivity contribution >= 4 is 11.6 Å². The Labute approximate surface area is 106 Å². The second-order valence-electron chi connectivity index (χ2n) is 3.71. The van der Waals surface area contributed by atoms with E-state index in [0.29, 0.717) is 11.8 Å². The summed E-state index contributed by atoms with van der Waals surface area (Å²) in [5.74, 6) is 0.806. The van der Waals surface area contributed by atoms with Gasteiger partial charge >= 0.3 is 0 Å². The highest BCUT2D eigenvalue weighted by molar-refractivity contribution is 6.29. The van der Waals surface area contributed by atoms with E-state index in [9.17, 15) is 0 Å². The summed E-state index contributed by atoms with van der Waals surface area (Å²) < 4.78 is 5.75. The molecule has 0 aliphatic rings. The molecular formula is C14H14ClNO. The Morgan fingerprint density at radius 2 is 1.88 bits per heavy atom. The summed E-state index contributed by atoms with van der Waals surface area (Å²) >= 11 is 5.85. The number of halogens is 1. The topological polar surface area (TPSA) is 22.1 Å². The molecule has 0 radical (unpaired) electrons. The lowest BCUT2D eigenvalue weighted by Crippen LogP contribution is -1.99. The third-order valence-electron chi connectivity index (χ3n) is 2.47. The maximum atomic E-state index is 5.85. The smallest absolute Gasteiger partial charge is 0.141 e. The Kier molecular flexibility index (Phi) is 3.99. The Morgan fingerprint density at radius 3 is 2.59 bits per heavy atom. The van der Waals surface area contributed by atoms with Crippen LogP contribution in [0.5, 0.6) is 5.75 Å². The maximum absolute atomic E-state index is 5.85. The highest BCUT2D eigenvalue weighted by Gasteiger charge is 2.04. The van der Waals surface area contributed by atoms with Crippen molar-refractivity contribution in [2.75, 3.05) is 0 Å². The Morgan fingerprint density at radius 1 is 1.12 bits per heavy atom. The summed E-state index contributed by atoms with van der Waals surface area (Å²) in [7, 11) is 0. The van der Waals surface area contributed by atoms with Gasteiger partial charge in [-0.15, -0.1) is 0 Å². The number of rotatable bonds is 4. The number of aromatic nitrogens is 1. The summed E-state index contributed by atoms with van der Waals surface area (Å²) in [4.78, 5) is 4.24. The lowest BCUT2D eigenvalue weighted by Gasteiger charge is -2.09. The average Bonchev–Trinajstić information content (AvgIpc) is 2.38. The number of ether oxygens (including phenoxy) is 1. The van der Waals surface area contributed by atoms with Crippen molar-refractivity contribution in [1.82, 2.24) is 4.98 Å². The van der Waals surface area contributed by atoms with E-state index < -0.39 is 0 Å². The second-order valence-corrected chi connectivity index (χ2v) is 4.09. The van der Waals surface area contributed by atoms with Crippen LogP contribution in [0.25, 0.3) is 0 Å². The fraction of sp³-hybridized carbons (Fsp3) is 0.214. The van der Waals surface area contributed by atoms with E-state index in [1.807, 2.05) is 43.3 Å². The highest BCUT2D eigenvalue weighted by atomic mass is 35.5. The molecular weight excluding hydrogens is 234 g/mol. The monoisotopic (exact) mass is 247 g/mol. The zero-order valence-electron chi connectivity index (χ0n) is 9.69. The van der Waals surface area contributed by atoms with Crippen LogP contribution < -0.4 is 4.74 Å². The van der Waals surface area contributed by atoms with Crippen molar-refractivity contribution in [3.63, 3.8) is 0 Å². The standard InChI is InChI=1S/C14H14ClNO/c1-2-12-13(8-9-14(15)16-12)17-10-11-6-4-3-5-7-11/h3-9H,2,10H2,1H3. The van der Waals surface area contributed by atoms with Gasteiger partial charge in [-0.3, -0.25) is 0 Å². The van der Waals surface area contributed by atoms with Crippen LogP contribution in [0.2, 0.25) is 5.15 Å². The molecule has 0 saturated heterocycles. The maximum Gasteiger partial charge on any atom is 0.141 e. The number of hydrogen-bond acceptors (Lipinski definition) is 2. The van der Waals surface area contributed by atoms with Gasteiger partial charge in [0.15, 0.2) is 0 Å². The SMILES string of the molecule is CCc1nc(Cl)ccc1OCc1ccccc1. The summed E-state index contributed by atoms with van der Waals surface area (Å²) in [5, 5.41) is 0.508. The fourth-order valence-electron chi connectivity index (χ4n) is 1.58. The third-order valence-corrected chi connectivity index (χ3v) is 2.68. The van der Waals surface area contributed by atoms with Gasteiger partial charge in [-0.05, 0) is 24.1 Å².